The summed E-state index contributed by atoms with van der Waals surface area (Å²) in [4.78, 5) is 2.08. The van der Waals surface area contributed by atoms with Gasteiger partial charge >= 0.3 is 0 Å². The van der Waals surface area contributed by atoms with Crippen LogP contribution in [0.4, 0.5) is 0 Å². The lowest BCUT2D eigenvalue weighted by molar-refractivity contribution is 0.414. The molecule has 0 aromatic heterocycles. The number of likely N-dealkylation sites (N-methyl/N-ethyl adjacent to an activating group) is 1. The third-order valence-electron chi connectivity index (χ3n) is 3.12. The molecular weight excluding hydrogens is 312 g/mol. The Morgan fingerprint density at radius 1 is 1.36 bits per heavy atom. The van der Waals surface area contributed by atoms with Gasteiger partial charge in [-0.1, -0.05) is 38.3 Å². The van der Waals surface area contributed by atoms with Crippen molar-refractivity contribution in [3.63, 3.8) is 0 Å². The van der Waals surface area contributed by atoms with Crippen LogP contribution < -0.4 is 21.1 Å². The molecule has 0 fully saturated rings. The lowest BCUT2D eigenvalue weighted by Crippen LogP contribution is -2.31. The molecule has 0 unspecified atom stereocenters. The van der Waals surface area contributed by atoms with Gasteiger partial charge in [-0.05, 0) is 49.1 Å². The Kier molecular flexibility index (Phi) is 12.3. The van der Waals surface area contributed by atoms with Crippen LogP contribution in [0.2, 0.25) is 0 Å². The average molecular weight is 345 g/mol. The van der Waals surface area contributed by atoms with Crippen LogP contribution in [0.15, 0.2) is 67.9 Å². The van der Waals surface area contributed by atoms with Crippen molar-refractivity contribution in [2.75, 3.05) is 27.2 Å². The minimum Gasteiger partial charge on any atom is -0.497 e. The first-order valence-electron chi connectivity index (χ1n) is 8.22. The lowest BCUT2D eigenvalue weighted by Gasteiger charge is -2.28. The van der Waals surface area contributed by atoms with Crippen molar-refractivity contribution in [3.05, 3.63) is 73.5 Å². The van der Waals surface area contributed by atoms with Crippen LogP contribution >= 0.6 is 0 Å². The summed E-state index contributed by atoms with van der Waals surface area (Å²) in [7, 11) is 3.69. The SMILES string of the molecule is C=C1NC=C(c2ccc(OC)cc2)CN1C.C=CN/C=C\C.CCN. The molecule has 0 amide bonds. The van der Waals surface area contributed by atoms with E-state index in [9.17, 15) is 0 Å². The second kappa shape index (κ2) is 13.7. The highest BCUT2D eigenvalue weighted by Crippen LogP contribution is 2.21. The first-order valence-corrected chi connectivity index (χ1v) is 8.22. The summed E-state index contributed by atoms with van der Waals surface area (Å²) >= 11 is 0. The zero-order valence-corrected chi connectivity index (χ0v) is 15.9. The van der Waals surface area contributed by atoms with Gasteiger partial charge in [0.1, 0.15) is 5.75 Å². The van der Waals surface area contributed by atoms with Crippen molar-refractivity contribution in [1.82, 2.24) is 15.5 Å². The second-order valence-corrected chi connectivity index (χ2v) is 5.12. The monoisotopic (exact) mass is 344 g/mol. The molecule has 0 saturated heterocycles. The molecular formula is C20H32N4O. The zero-order valence-electron chi connectivity index (χ0n) is 15.9. The van der Waals surface area contributed by atoms with Gasteiger partial charge in [0.05, 0.1) is 12.9 Å². The number of methoxy groups -OCH3 is 1. The molecule has 0 spiro atoms. The number of nitrogens with one attached hydrogen (secondary N) is 2. The van der Waals surface area contributed by atoms with Gasteiger partial charge in [0.15, 0.2) is 0 Å². The molecule has 2 rings (SSSR count). The Morgan fingerprint density at radius 3 is 2.36 bits per heavy atom. The fourth-order valence-corrected chi connectivity index (χ4v) is 1.82. The van der Waals surface area contributed by atoms with Gasteiger partial charge in [0.2, 0.25) is 0 Å². The normalized spacial score (nSPS) is 12.8. The summed E-state index contributed by atoms with van der Waals surface area (Å²) in [5.74, 6) is 1.81. The first kappa shape index (κ1) is 22.3. The number of rotatable bonds is 4. The molecule has 5 nitrogen and oxygen atoms in total. The Bertz CT molecular complexity index is 562. The molecule has 1 heterocycles. The van der Waals surface area contributed by atoms with Crippen molar-refractivity contribution in [2.45, 2.75) is 13.8 Å². The van der Waals surface area contributed by atoms with Gasteiger partial charge in [-0.25, -0.2) is 0 Å². The van der Waals surface area contributed by atoms with Crippen molar-refractivity contribution in [2.24, 2.45) is 5.73 Å². The Morgan fingerprint density at radius 2 is 1.96 bits per heavy atom. The van der Waals surface area contributed by atoms with Crippen molar-refractivity contribution >= 4 is 5.57 Å². The lowest BCUT2D eigenvalue weighted by atomic mass is 10.1. The van der Waals surface area contributed by atoms with Crippen LogP contribution in [-0.2, 0) is 0 Å². The summed E-state index contributed by atoms with van der Waals surface area (Å²) in [6.45, 7) is 12.8. The van der Waals surface area contributed by atoms with Gasteiger partial charge < -0.3 is 26.0 Å². The van der Waals surface area contributed by atoms with Gasteiger partial charge in [0, 0.05) is 19.8 Å². The fourth-order valence-electron chi connectivity index (χ4n) is 1.82. The number of nitrogens with two attached hydrogens (primary N) is 1. The number of benzene rings is 1. The van der Waals surface area contributed by atoms with Crippen LogP contribution in [0, 0.1) is 0 Å². The molecule has 25 heavy (non-hydrogen) atoms. The highest BCUT2D eigenvalue weighted by molar-refractivity contribution is 5.68. The van der Waals surface area contributed by atoms with E-state index in [1.54, 1.807) is 13.3 Å². The summed E-state index contributed by atoms with van der Waals surface area (Å²) in [5.41, 5.74) is 7.30. The maximum Gasteiger partial charge on any atom is 0.118 e. The van der Waals surface area contributed by atoms with Crippen LogP contribution in [0.3, 0.4) is 0 Å². The van der Waals surface area contributed by atoms with E-state index in [4.69, 9.17) is 10.5 Å². The summed E-state index contributed by atoms with van der Waals surface area (Å²) in [6, 6.07) is 8.07. The van der Waals surface area contributed by atoms with Crippen molar-refractivity contribution in [3.8, 4) is 5.75 Å². The Hall–Kier alpha value is -2.66. The minimum atomic E-state index is 0.750. The smallest absolute Gasteiger partial charge is 0.118 e. The van der Waals surface area contributed by atoms with Crippen LogP contribution in [-0.4, -0.2) is 32.1 Å². The first-order chi connectivity index (χ1) is 12.0. The van der Waals surface area contributed by atoms with E-state index in [1.165, 1.54) is 11.1 Å². The molecule has 1 aromatic rings. The summed E-state index contributed by atoms with van der Waals surface area (Å²) in [5, 5.41) is 5.93. The van der Waals surface area contributed by atoms with E-state index >= 15 is 0 Å². The predicted octanol–water partition coefficient (Wildman–Crippen LogP) is 3.26. The highest BCUT2D eigenvalue weighted by Gasteiger charge is 2.11. The Balaban J connectivity index is 0.000000538. The highest BCUT2D eigenvalue weighted by atomic mass is 16.5. The molecule has 0 atom stereocenters. The number of allylic oxidation sites excluding steroid dienone is 1. The number of ether oxygens (including phenoxy) is 1. The molecule has 0 radical (unpaired) electrons. The second-order valence-electron chi connectivity index (χ2n) is 5.12. The molecule has 138 valence electrons. The van der Waals surface area contributed by atoms with Gasteiger partial charge in [-0.3, -0.25) is 0 Å². The molecule has 0 bridgehead atoms. The van der Waals surface area contributed by atoms with Crippen LogP contribution in [0.1, 0.15) is 19.4 Å². The van der Waals surface area contributed by atoms with Gasteiger partial charge in [-0.15, -0.1) is 0 Å². The van der Waals surface area contributed by atoms with Crippen LogP contribution in [0.25, 0.3) is 5.57 Å². The number of hydrogen-bond donors (Lipinski definition) is 3. The van der Waals surface area contributed by atoms with E-state index in [0.717, 1.165) is 24.7 Å². The summed E-state index contributed by atoms with van der Waals surface area (Å²) in [6.07, 6.45) is 7.35. The third kappa shape index (κ3) is 9.27. The van der Waals surface area contributed by atoms with Crippen LogP contribution in [0.5, 0.6) is 5.75 Å². The molecule has 0 saturated carbocycles. The largest absolute Gasteiger partial charge is 0.497 e. The van der Waals surface area contributed by atoms with E-state index in [1.807, 2.05) is 51.5 Å². The molecule has 0 aliphatic carbocycles. The molecule has 4 N–H and O–H groups in total. The third-order valence-corrected chi connectivity index (χ3v) is 3.12. The van der Waals surface area contributed by atoms with E-state index in [0.29, 0.717) is 0 Å². The van der Waals surface area contributed by atoms with E-state index < -0.39 is 0 Å². The summed E-state index contributed by atoms with van der Waals surface area (Å²) < 4.78 is 5.14. The Labute approximate surface area is 152 Å². The number of hydrogen-bond acceptors (Lipinski definition) is 5. The fraction of sp³-hybridized carbons (Fsp3) is 0.300. The van der Waals surface area contributed by atoms with E-state index in [2.05, 4.69) is 40.8 Å². The van der Waals surface area contributed by atoms with E-state index in [-0.39, 0.29) is 0 Å². The maximum atomic E-state index is 5.14. The average Bonchev–Trinajstić information content (AvgIpc) is 2.63. The standard InChI is InChI=1S/C13H16N2O.C5H9N.C2H7N/c1-10-14-8-12(9-15(10)2)11-4-6-13(16-3)7-5-11;1-3-5-6-4-2;1-2-3/h4-8,14H,1,9H2,2-3H3;3-6H,2H2,1H3;2-3H2,1H3/b;5-3-;. The number of nitrogens with zero attached hydrogens (tertiary/aromatic N) is 1. The minimum absolute atomic E-state index is 0.750. The van der Waals surface area contributed by atoms with Gasteiger partial charge in [-0.2, -0.15) is 0 Å². The molecule has 5 heteroatoms. The predicted molar refractivity (Wildman–Crippen MR) is 109 cm³/mol. The molecule has 1 aliphatic rings. The quantitative estimate of drug-likeness (QED) is 0.782. The van der Waals surface area contributed by atoms with Crippen molar-refractivity contribution in [1.29, 1.82) is 0 Å². The zero-order chi connectivity index (χ0) is 19.1. The molecule has 1 aliphatic heterocycles. The topological polar surface area (TPSA) is 62.5 Å². The maximum absolute atomic E-state index is 5.14. The van der Waals surface area contributed by atoms with Gasteiger partial charge in [0.25, 0.3) is 0 Å². The molecule has 1 aromatic carbocycles. The van der Waals surface area contributed by atoms with Crippen molar-refractivity contribution < 1.29 is 4.74 Å².